The molecule has 0 aliphatic heterocycles. The summed E-state index contributed by atoms with van der Waals surface area (Å²) in [7, 11) is 0. The lowest BCUT2D eigenvalue weighted by Gasteiger charge is -2.15. The molecule has 4 aliphatic rings. The van der Waals surface area contributed by atoms with Gasteiger partial charge in [-0.2, -0.15) is 0 Å². The molecular weight excluding hydrogens is 290 g/mol. The van der Waals surface area contributed by atoms with E-state index in [2.05, 4.69) is 42.5 Å². The first-order valence-corrected chi connectivity index (χ1v) is 8.63. The van der Waals surface area contributed by atoms with E-state index in [0.717, 1.165) is 36.8 Å². The largest absolute Gasteiger partial charge is 0.300 e. The van der Waals surface area contributed by atoms with Crippen LogP contribution in [0.3, 0.4) is 0 Å². The average molecular weight is 311 g/mol. The van der Waals surface area contributed by atoms with Gasteiger partial charge in [0, 0.05) is 11.1 Å². The van der Waals surface area contributed by atoms with Crippen LogP contribution in [0.4, 0.5) is 0 Å². The molecule has 7 rings (SSSR count). The second-order valence-corrected chi connectivity index (χ2v) is 6.55. The summed E-state index contributed by atoms with van der Waals surface area (Å²) < 4.78 is 0. The van der Waals surface area contributed by atoms with E-state index in [9.17, 15) is 0 Å². The predicted molar refractivity (Wildman–Crippen MR) is 100 cm³/mol. The minimum Gasteiger partial charge on any atom is -0.300 e. The molecule has 24 heavy (non-hydrogen) atoms. The van der Waals surface area contributed by atoms with Gasteiger partial charge in [0.1, 0.15) is 0 Å². The van der Waals surface area contributed by atoms with Gasteiger partial charge in [-0.15, -0.1) is 0 Å². The monoisotopic (exact) mass is 311 g/mol. The van der Waals surface area contributed by atoms with Crippen LogP contribution in [0.25, 0.3) is 0 Å². The minimum absolute atomic E-state index is 0.637. The maximum atomic E-state index is 8.70. The third-order valence-electron chi connectivity index (χ3n) is 4.91. The van der Waals surface area contributed by atoms with Gasteiger partial charge in [0.15, 0.2) is 0 Å². The van der Waals surface area contributed by atoms with E-state index < -0.39 is 0 Å². The highest BCUT2D eigenvalue weighted by Gasteiger charge is 2.12. The quantitative estimate of drug-likeness (QED) is 0.645. The van der Waals surface area contributed by atoms with Crippen molar-refractivity contribution in [3.8, 4) is 0 Å². The van der Waals surface area contributed by atoms with Gasteiger partial charge in [0.05, 0.1) is 5.71 Å². The van der Waals surface area contributed by atoms with Gasteiger partial charge in [-0.3, -0.25) is 5.41 Å². The lowest BCUT2D eigenvalue weighted by atomic mass is 9.90. The van der Waals surface area contributed by atoms with Crippen molar-refractivity contribution in [2.45, 2.75) is 25.7 Å². The van der Waals surface area contributed by atoms with Crippen molar-refractivity contribution in [3.63, 3.8) is 0 Å². The summed E-state index contributed by atoms with van der Waals surface area (Å²) in [6, 6.07) is 25.8. The molecule has 3 aromatic carbocycles. The maximum absolute atomic E-state index is 8.70. The molecule has 4 aliphatic carbocycles. The van der Waals surface area contributed by atoms with Crippen molar-refractivity contribution >= 4 is 5.71 Å². The van der Waals surface area contributed by atoms with E-state index in [1.54, 1.807) is 0 Å². The van der Waals surface area contributed by atoms with Crippen LogP contribution in [-0.2, 0) is 25.7 Å². The van der Waals surface area contributed by atoms with Crippen molar-refractivity contribution in [2.75, 3.05) is 0 Å². The molecule has 0 spiro atoms. The summed E-state index contributed by atoms with van der Waals surface area (Å²) in [5, 5.41) is 8.70. The number of aryl methyl sites for hydroxylation is 4. The average Bonchev–Trinajstić information content (AvgIpc) is 2.64. The molecule has 3 aromatic rings. The third kappa shape index (κ3) is 3.03. The summed E-state index contributed by atoms with van der Waals surface area (Å²) in [6.45, 7) is 0. The Labute approximate surface area is 143 Å². The Hall–Kier alpha value is -2.67. The van der Waals surface area contributed by atoms with Crippen molar-refractivity contribution < 1.29 is 0 Å². The highest BCUT2D eigenvalue weighted by atomic mass is 14.4. The number of hydrogen-bond donors (Lipinski definition) is 1. The molecule has 0 fully saturated rings. The number of nitrogens with one attached hydrogen (secondary N) is 1. The van der Waals surface area contributed by atoms with Crippen LogP contribution in [0, 0.1) is 5.41 Å². The zero-order valence-corrected chi connectivity index (χ0v) is 13.8. The summed E-state index contributed by atoms with van der Waals surface area (Å²) in [5.41, 5.74) is 8.08. The van der Waals surface area contributed by atoms with Crippen LogP contribution in [0.15, 0.2) is 72.8 Å². The van der Waals surface area contributed by atoms with Gasteiger partial charge in [-0.25, -0.2) is 0 Å². The van der Waals surface area contributed by atoms with Crippen LogP contribution < -0.4 is 0 Å². The lowest BCUT2D eigenvalue weighted by Crippen LogP contribution is -2.08. The van der Waals surface area contributed by atoms with E-state index in [1.165, 1.54) is 22.3 Å². The van der Waals surface area contributed by atoms with Crippen LogP contribution >= 0.6 is 0 Å². The third-order valence-corrected chi connectivity index (χ3v) is 4.91. The van der Waals surface area contributed by atoms with E-state index in [1.807, 2.05) is 30.3 Å². The summed E-state index contributed by atoms with van der Waals surface area (Å²) in [4.78, 5) is 0. The van der Waals surface area contributed by atoms with Gasteiger partial charge in [0.25, 0.3) is 0 Å². The SMILES string of the molecule is N=C(c1ccccc1)c1cc2ccc1CCc1ccc(cc1)CC2. The fraction of sp³-hybridized carbons (Fsp3) is 0.174. The molecule has 1 nitrogen and oxygen atoms in total. The maximum Gasteiger partial charge on any atom is 0.0687 e. The van der Waals surface area contributed by atoms with Gasteiger partial charge in [-0.1, -0.05) is 66.7 Å². The zero-order valence-electron chi connectivity index (χ0n) is 13.8. The Kier molecular flexibility index (Phi) is 4.00. The Bertz CT molecular complexity index is 860. The van der Waals surface area contributed by atoms with Gasteiger partial charge >= 0.3 is 0 Å². The van der Waals surface area contributed by atoms with Crippen molar-refractivity contribution in [1.29, 1.82) is 5.41 Å². The Morgan fingerprint density at radius 2 is 1.21 bits per heavy atom. The molecule has 0 heterocycles. The smallest absolute Gasteiger partial charge is 0.0687 e. The molecule has 0 unspecified atom stereocenters. The topological polar surface area (TPSA) is 23.9 Å². The molecule has 0 saturated carbocycles. The van der Waals surface area contributed by atoms with Gasteiger partial charge in [-0.05, 0) is 54.0 Å². The van der Waals surface area contributed by atoms with Crippen LogP contribution in [0.2, 0.25) is 0 Å². The molecule has 0 aromatic heterocycles. The van der Waals surface area contributed by atoms with E-state index >= 15 is 0 Å². The zero-order chi connectivity index (χ0) is 16.4. The first-order valence-electron chi connectivity index (χ1n) is 8.63. The first-order chi connectivity index (χ1) is 11.8. The molecule has 0 saturated heterocycles. The van der Waals surface area contributed by atoms with Crippen LogP contribution in [0.5, 0.6) is 0 Å². The predicted octanol–water partition coefficient (Wildman–Crippen LogP) is 4.99. The second kappa shape index (κ2) is 6.45. The summed E-state index contributed by atoms with van der Waals surface area (Å²) >= 11 is 0. The number of benzene rings is 3. The molecule has 1 N–H and O–H groups in total. The molecule has 0 radical (unpaired) electrons. The van der Waals surface area contributed by atoms with E-state index in [4.69, 9.17) is 5.41 Å². The molecular formula is C23H21N. The Morgan fingerprint density at radius 1 is 0.625 bits per heavy atom. The van der Waals surface area contributed by atoms with Crippen LogP contribution in [-0.4, -0.2) is 5.71 Å². The fourth-order valence-electron chi connectivity index (χ4n) is 3.43. The Morgan fingerprint density at radius 3 is 1.92 bits per heavy atom. The fourth-order valence-corrected chi connectivity index (χ4v) is 3.43. The molecule has 118 valence electrons. The first kappa shape index (κ1) is 14.9. The van der Waals surface area contributed by atoms with Crippen molar-refractivity contribution in [2.24, 2.45) is 0 Å². The summed E-state index contributed by atoms with van der Waals surface area (Å²) in [5.74, 6) is 0. The molecule has 4 bridgehead atoms. The van der Waals surface area contributed by atoms with Crippen LogP contribution in [0.1, 0.15) is 33.4 Å². The van der Waals surface area contributed by atoms with Gasteiger partial charge in [0.2, 0.25) is 0 Å². The molecule has 1 heteroatoms. The second-order valence-electron chi connectivity index (χ2n) is 6.55. The van der Waals surface area contributed by atoms with E-state index in [0.29, 0.717) is 5.71 Å². The highest BCUT2D eigenvalue weighted by Crippen LogP contribution is 2.21. The number of hydrogen-bond acceptors (Lipinski definition) is 1. The number of rotatable bonds is 2. The standard InChI is InChI=1S/C23H21N/c24-23(21-4-2-1-3-5-21)22-16-19-11-10-17-6-8-18(9-7-17)12-14-20(22)15-13-19/h1-9,13,15-16,24H,10-12,14H2. The Balaban J connectivity index is 1.75. The van der Waals surface area contributed by atoms with Crippen molar-refractivity contribution in [1.82, 2.24) is 0 Å². The summed E-state index contributed by atoms with van der Waals surface area (Å²) in [6.07, 6.45) is 4.07. The van der Waals surface area contributed by atoms with E-state index in [-0.39, 0.29) is 0 Å². The van der Waals surface area contributed by atoms with Crippen molar-refractivity contribution in [3.05, 3.63) is 106 Å². The molecule has 0 amide bonds. The van der Waals surface area contributed by atoms with Gasteiger partial charge < -0.3 is 0 Å². The lowest BCUT2D eigenvalue weighted by molar-refractivity contribution is 0.919. The molecule has 0 atom stereocenters. The normalized spacial score (nSPS) is 13.3. The minimum atomic E-state index is 0.637. The highest BCUT2D eigenvalue weighted by molar-refractivity contribution is 6.11.